The number of piperidine rings is 1. The summed E-state index contributed by atoms with van der Waals surface area (Å²) in [5, 5.41) is 0. The predicted octanol–water partition coefficient (Wildman–Crippen LogP) is 2.23. The minimum atomic E-state index is 0.687. The summed E-state index contributed by atoms with van der Waals surface area (Å²) in [4.78, 5) is 11.4. The van der Waals surface area contributed by atoms with Gasteiger partial charge in [0.05, 0.1) is 5.69 Å². The molecule has 1 aliphatic heterocycles. The van der Waals surface area contributed by atoms with Crippen molar-refractivity contribution in [1.29, 1.82) is 0 Å². The van der Waals surface area contributed by atoms with Crippen LogP contribution in [-0.2, 0) is 6.42 Å². The van der Waals surface area contributed by atoms with E-state index in [2.05, 4.69) is 45.4 Å². The lowest BCUT2D eigenvalue weighted by Crippen LogP contribution is -2.43. The summed E-state index contributed by atoms with van der Waals surface area (Å²) in [6, 6.07) is 4.13. The first-order chi connectivity index (χ1) is 10.6. The van der Waals surface area contributed by atoms with Crippen molar-refractivity contribution in [1.82, 2.24) is 14.3 Å². The number of guanidine groups is 1. The fraction of sp³-hybridized carbons (Fsp3) is 0.529. The molecular weight excluding hydrogens is 274 g/mol. The van der Waals surface area contributed by atoms with Crippen molar-refractivity contribution in [3.8, 4) is 0 Å². The van der Waals surface area contributed by atoms with E-state index in [0.29, 0.717) is 18.4 Å². The number of hydrogen-bond acceptors (Lipinski definition) is 2. The van der Waals surface area contributed by atoms with Gasteiger partial charge in [-0.25, -0.2) is 4.98 Å². The van der Waals surface area contributed by atoms with Crippen molar-refractivity contribution in [2.45, 2.75) is 33.1 Å². The summed E-state index contributed by atoms with van der Waals surface area (Å²) < 4.78 is 2.07. The lowest BCUT2D eigenvalue weighted by molar-refractivity contribution is 0.270. The maximum Gasteiger partial charge on any atom is 0.191 e. The Kier molecular flexibility index (Phi) is 4.32. The highest BCUT2D eigenvalue weighted by atomic mass is 15.3. The summed E-state index contributed by atoms with van der Waals surface area (Å²) in [5.74, 6) is 1.40. The molecule has 1 aliphatic rings. The van der Waals surface area contributed by atoms with Gasteiger partial charge < -0.3 is 15.0 Å². The van der Waals surface area contributed by atoms with Gasteiger partial charge in [-0.1, -0.05) is 13.0 Å². The molecular formula is C17H25N5. The van der Waals surface area contributed by atoms with Crippen LogP contribution < -0.4 is 5.73 Å². The van der Waals surface area contributed by atoms with E-state index in [1.54, 1.807) is 0 Å². The molecule has 0 aliphatic carbocycles. The van der Waals surface area contributed by atoms with Crippen LogP contribution in [0.25, 0.3) is 5.65 Å². The zero-order chi connectivity index (χ0) is 15.5. The smallest absolute Gasteiger partial charge is 0.191 e. The first-order valence-electron chi connectivity index (χ1n) is 8.11. The fourth-order valence-electron chi connectivity index (χ4n) is 3.11. The predicted molar refractivity (Wildman–Crippen MR) is 90.1 cm³/mol. The van der Waals surface area contributed by atoms with Gasteiger partial charge in [0.1, 0.15) is 5.65 Å². The topological polar surface area (TPSA) is 58.9 Å². The quantitative estimate of drug-likeness (QED) is 0.698. The highest BCUT2D eigenvalue weighted by Gasteiger charge is 2.17. The molecule has 2 aromatic heterocycles. The van der Waals surface area contributed by atoms with Gasteiger partial charge in [-0.3, -0.25) is 4.99 Å². The Morgan fingerprint density at radius 2 is 2.36 bits per heavy atom. The molecule has 1 fully saturated rings. The molecule has 1 saturated heterocycles. The van der Waals surface area contributed by atoms with Crippen LogP contribution in [0.3, 0.4) is 0 Å². The van der Waals surface area contributed by atoms with E-state index < -0.39 is 0 Å². The van der Waals surface area contributed by atoms with Crippen LogP contribution in [0.5, 0.6) is 0 Å². The summed E-state index contributed by atoms with van der Waals surface area (Å²) in [6.07, 6.45) is 7.45. The molecule has 0 radical (unpaired) electrons. The van der Waals surface area contributed by atoms with Gasteiger partial charge >= 0.3 is 0 Å². The van der Waals surface area contributed by atoms with Crippen LogP contribution in [-0.4, -0.2) is 39.9 Å². The molecule has 0 spiro atoms. The largest absolute Gasteiger partial charge is 0.370 e. The fourth-order valence-corrected chi connectivity index (χ4v) is 3.11. The van der Waals surface area contributed by atoms with E-state index in [9.17, 15) is 0 Å². The molecule has 22 heavy (non-hydrogen) atoms. The molecule has 0 amide bonds. The highest BCUT2D eigenvalue weighted by molar-refractivity contribution is 5.78. The number of imidazole rings is 1. The van der Waals surface area contributed by atoms with Gasteiger partial charge in [-0.15, -0.1) is 0 Å². The molecule has 2 N–H and O–H groups in total. The van der Waals surface area contributed by atoms with Crippen LogP contribution in [0, 0.1) is 12.8 Å². The molecule has 1 unspecified atom stereocenters. The Labute approximate surface area is 131 Å². The van der Waals surface area contributed by atoms with Crippen LogP contribution in [0.15, 0.2) is 29.5 Å². The number of rotatable bonds is 3. The molecule has 118 valence electrons. The standard InChI is InChI=1S/C17H25N5/c1-13-5-3-10-22(11-13)17(18)19-8-7-15-12-21-9-4-6-14(2)16(21)20-15/h4,6,9,12-13H,3,5,7-8,10-11H2,1-2H3,(H2,18,19). The number of aryl methyl sites for hydroxylation is 1. The van der Waals surface area contributed by atoms with Crippen molar-refractivity contribution in [3.05, 3.63) is 35.8 Å². The van der Waals surface area contributed by atoms with Gasteiger partial charge in [-0.05, 0) is 37.3 Å². The highest BCUT2D eigenvalue weighted by Crippen LogP contribution is 2.15. The maximum absolute atomic E-state index is 6.12. The molecule has 0 aromatic carbocycles. The van der Waals surface area contributed by atoms with E-state index in [0.717, 1.165) is 30.9 Å². The van der Waals surface area contributed by atoms with Crippen LogP contribution in [0.4, 0.5) is 0 Å². The van der Waals surface area contributed by atoms with Gasteiger partial charge in [-0.2, -0.15) is 0 Å². The van der Waals surface area contributed by atoms with E-state index >= 15 is 0 Å². The number of nitrogens with two attached hydrogens (primary N) is 1. The van der Waals surface area contributed by atoms with Crippen molar-refractivity contribution in [2.24, 2.45) is 16.6 Å². The minimum Gasteiger partial charge on any atom is -0.370 e. The Hall–Kier alpha value is -2.04. The number of fused-ring (bicyclic) bond motifs is 1. The van der Waals surface area contributed by atoms with E-state index in [-0.39, 0.29) is 0 Å². The van der Waals surface area contributed by atoms with E-state index in [1.807, 2.05) is 12.3 Å². The Bertz CT molecular complexity index is 673. The second kappa shape index (κ2) is 6.38. The average Bonchev–Trinajstić information content (AvgIpc) is 2.91. The average molecular weight is 299 g/mol. The normalized spacial score (nSPS) is 19.8. The van der Waals surface area contributed by atoms with Gasteiger partial charge in [0, 0.05) is 38.4 Å². The SMILES string of the molecule is Cc1cccn2cc(CCN=C(N)N3CCCC(C)C3)nc12. The van der Waals surface area contributed by atoms with Gasteiger partial charge in [0.25, 0.3) is 0 Å². The monoisotopic (exact) mass is 299 g/mol. The Balaban J connectivity index is 1.61. The van der Waals surface area contributed by atoms with E-state index in [1.165, 1.54) is 18.4 Å². The van der Waals surface area contributed by atoms with Crippen molar-refractivity contribution < 1.29 is 0 Å². The van der Waals surface area contributed by atoms with Crippen LogP contribution in [0.1, 0.15) is 31.0 Å². The van der Waals surface area contributed by atoms with Crippen molar-refractivity contribution in [2.75, 3.05) is 19.6 Å². The number of nitrogens with zero attached hydrogens (tertiary/aromatic N) is 4. The Morgan fingerprint density at radius 3 is 3.14 bits per heavy atom. The molecule has 5 nitrogen and oxygen atoms in total. The summed E-state index contributed by atoms with van der Waals surface area (Å²) in [5.41, 5.74) is 9.41. The molecule has 1 atom stereocenters. The van der Waals surface area contributed by atoms with Crippen molar-refractivity contribution in [3.63, 3.8) is 0 Å². The number of likely N-dealkylation sites (tertiary alicyclic amines) is 1. The lowest BCUT2D eigenvalue weighted by Gasteiger charge is -2.31. The molecule has 3 rings (SSSR count). The van der Waals surface area contributed by atoms with Crippen LogP contribution >= 0.6 is 0 Å². The van der Waals surface area contributed by atoms with E-state index in [4.69, 9.17) is 5.73 Å². The molecule has 3 heterocycles. The number of pyridine rings is 1. The number of hydrogen-bond donors (Lipinski definition) is 1. The maximum atomic E-state index is 6.12. The van der Waals surface area contributed by atoms with Gasteiger partial charge in [0.2, 0.25) is 0 Å². The Morgan fingerprint density at radius 1 is 1.50 bits per heavy atom. The summed E-state index contributed by atoms with van der Waals surface area (Å²) in [6.45, 7) is 7.12. The second-order valence-electron chi connectivity index (χ2n) is 6.34. The third kappa shape index (κ3) is 3.24. The zero-order valence-corrected chi connectivity index (χ0v) is 13.5. The second-order valence-corrected chi connectivity index (χ2v) is 6.34. The third-order valence-electron chi connectivity index (χ3n) is 4.35. The molecule has 0 saturated carbocycles. The first kappa shape index (κ1) is 14.9. The summed E-state index contributed by atoms with van der Waals surface area (Å²) >= 11 is 0. The zero-order valence-electron chi connectivity index (χ0n) is 13.5. The molecule has 5 heteroatoms. The van der Waals surface area contributed by atoms with Gasteiger partial charge in [0.15, 0.2) is 5.96 Å². The summed E-state index contributed by atoms with van der Waals surface area (Å²) in [7, 11) is 0. The minimum absolute atomic E-state index is 0.687. The van der Waals surface area contributed by atoms with Crippen LogP contribution in [0.2, 0.25) is 0 Å². The lowest BCUT2D eigenvalue weighted by atomic mass is 10.0. The third-order valence-corrected chi connectivity index (χ3v) is 4.35. The number of aliphatic imine (C=N–C) groups is 1. The molecule has 0 bridgehead atoms. The first-order valence-corrected chi connectivity index (χ1v) is 8.11. The number of aromatic nitrogens is 2. The van der Waals surface area contributed by atoms with Crippen molar-refractivity contribution >= 4 is 11.6 Å². The molecule has 2 aromatic rings.